The fourth-order valence-corrected chi connectivity index (χ4v) is 2.07. The molecule has 106 valence electrons. The van der Waals surface area contributed by atoms with Crippen LogP contribution in [0, 0.1) is 0 Å². The fraction of sp³-hybridized carbons (Fsp3) is 0.357. The standard InChI is InChI=1S/C14H19N5O/c1-4-12-10(9-19(3)18-12)8-17-13-11(14(20)15-2)6-5-7-16-13/h5-7,9H,4,8H2,1-3H3,(H,15,20)(H,16,17). The van der Waals surface area contributed by atoms with Gasteiger partial charge in [-0.25, -0.2) is 4.98 Å². The van der Waals surface area contributed by atoms with Crippen molar-refractivity contribution in [3.05, 3.63) is 41.3 Å². The lowest BCUT2D eigenvalue weighted by molar-refractivity contribution is 0.0963. The van der Waals surface area contributed by atoms with E-state index in [9.17, 15) is 4.79 Å². The van der Waals surface area contributed by atoms with Gasteiger partial charge in [-0.3, -0.25) is 9.48 Å². The Balaban J connectivity index is 2.16. The molecule has 0 saturated heterocycles. The summed E-state index contributed by atoms with van der Waals surface area (Å²) >= 11 is 0. The summed E-state index contributed by atoms with van der Waals surface area (Å²) in [4.78, 5) is 16.0. The molecular formula is C14H19N5O. The van der Waals surface area contributed by atoms with Crippen LogP contribution >= 0.6 is 0 Å². The number of carbonyl (C=O) groups excluding carboxylic acids is 1. The number of rotatable bonds is 5. The van der Waals surface area contributed by atoms with E-state index in [0.29, 0.717) is 17.9 Å². The van der Waals surface area contributed by atoms with E-state index >= 15 is 0 Å². The number of hydrogen-bond acceptors (Lipinski definition) is 4. The van der Waals surface area contributed by atoms with Crippen molar-refractivity contribution in [3.8, 4) is 0 Å². The van der Waals surface area contributed by atoms with E-state index in [1.807, 2.05) is 13.2 Å². The lowest BCUT2D eigenvalue weighted by Gasteiger charge is -2.09. The molecule has 2 rings (SSSR count). The summed E-state index contributed by atoms with van der Waals surface area (Å²) in [6.45, 7) is 2.67. The average Bonchev–Trinajstić information content (AvgIpc) is 2.84. The molecule has 2 aromatic rings. The maximum absolute atomic E-state index is 11.8. The highest BCUT2D eigenvalue weighted by molar-refractivity contribution is 5.98. The summed E-state index contributed by atoms with van der Waals surface area (Å²) in [5.74, 6) is 0.431. The Bertz CT molecular complexity index is 605. The Hall–Kier alpha value is -2.37. The third-order valence-electron chi connectivity index (χ3n) is 3.05. The summed E-state index contributed by atoms with van der Waals surface area (Å²) in [6, 6.07) is 3.50. The van der Waals surface area contributed by atoms with Crippen molar-refractivity contribution in [3.63, 3.8) is 0 Å². The topological polar surface area (TPSA) is 71.8 Å². The van der Waals surface area contributed by atoms with Crippen LogP contribution in [-0.4, -0.2) is 27.7 Å². The minimum absolute atomic E-state index is 0.150. The molecule has 0 radical (unpaired) electrons. The van der Waals surface area contributed by atoms with Crippen LogP contribution in [0.1, 0.15) is 28.5 Å². The SMILES string of the molecule is CCc1nn(C)cc1CNc1ncccc1C(=O)NC. The van der Waals surface area contributed by atoms with Crippen LogP contribution in [-0.2, 0) is 20.0 Å². The van der Waals surface area contributed by atoms with Crippen molar-refractivity contribution in [1.29, 1.82) is 0 Å². The number of hydrogen-bond donors (Lipinski definition) is 2. The summed E-state index contributed by atoms with van der Waals surface area (Å²) < 4.78 is 1.80. The molecule has 0 aliphatic carbocycles. The first-order valence-electron chi connectivity index (χ1n) is 6.58. The molecule has 0 aromatic carbocycles. The monoisotopic (exact) mass is 273 g/mol. The second-order valence-electron chi connectivity index (χ2n) is 4.46. The molecule has 20 heavy (non-hydrogen) atoms. The Morgan fingerprint density at radius 3 is 2.95 bits per heavy atom. The van der Waals surface area contributed by atoms with Crippen LogP contribution in [0.4, 0.5) is 5.82 Å². The Morgan fingerprint density at radius 1 is 1.45 bits per heavy atom. The van der Waals surface area contributed by atoms with Crippen molar-refractivity contribution in [2.24, 2.45) is 7.05 Å². The maximum atomic E-state index is 11.8. The quantitative estimate of drug-likeness (QED) is 0.862. The lowest BCUT2D eigenvalue weighted by atomic mass is 10.2. The van der Waals surface area contributed by atoms with E-state index in [1.54, 1.807) is 30.1 Å². The molecule has 6 nitrogen and oxygen atoms in total. The molecule has 0 saturated carbocycles. The number of anilines is 1. The molecule has 1 amide bonds. The van der Waals surface area contributed by atoms with Crippen molar-refractivity contribution in [2.45, 2.75) is 19.9 Å². The fourth-order valence-electron chi connectivity index (χ4n) is 2.07. The zero-order chi connectivity index (χ0) is 14.5. The summed E-state index contributed by atoms with van der Waals surface area (Å²) in [5.41, 5.74) is 2.71. The predicted molar refractivity (Wildman–Crippen MR) is 77.5 cm³/mol. The van der Waals surface area contributed by atoms with E-state index in [0.717, 1.165) is 17.7 Å². The van der Waals surface area contributed by atoms with Gasteiger partial charge >= 0.3 is 0 Å². The molecule has 0 aliphatic heterocycles. The number of amides is 1. The van der Waals surface area contributed by atoms with Gasteiger partial charge in [0.2, 0.25) is 0 Å². The summed E-state index contributed by atoms with van der Waals surface area (Å²) in [7, 11) is 3.51. The van der Waals surface area contributed by atoms with E-state index in [-0.39, 0.29) is 5.91 Å². The van der Waals surface area contributed by atoms with Crippen LogP contribution in [0.3, 0.4) is 0 Å². The van der Waals surface area contributed by atoms with Gasteiger partial charge in [0.05, 0.1) is 11.3 Å². The van der Waals surface area contributed by atoms with Crippen LogP contribution in [0.15, 0.2) is 24.5 Å². The van der Waals surface area contributed by atoms with Gasteiger partial charge in [0.15, 0.2) is 0 Å². The maximum Gasteiger partial charge on any atom is 0.254 e. The minimum atomic E-state index is -0.150. The molecule has 2 heterocycles. The third kappa shape index (κ3) is 2.96. The van der Waals surface area contributed by atoms with E-state index in [4.69, 9.17) is 0 Å². The highest BCUT2D eigenvalue weighted by Crippen LogP contribution is 2.14. The third-order valence-corrected chi connectivity index (χ3v) is 3.05. The lowest BCUT2D eigenvalue weighted by Crippen LogP contribution is -2.20. The first kappa shape index (κ1) is 14.0. The van der Waals surface area contributed by atoms with Gasteiger partial charge in [-0.05, 0) is 18.6 Å². The molecule has 2 N–H and O–H groups in total. The van der Waals surface area contributed by atoms with Crippen molar-refractivity contribution in [2.75, 3.05) is 12.4 Å². The van der Waals surface area contributed by atoms with Crippen LogP contribution in [0.2, 0.25) is 0 Å². The van der Waals surface area contributed by atoms with Crippen molar-refractivity contribution in [1.82, 2.24) is 20.1 Å². The molecule has 0 aliphatic rings. The van der Waals surface area contributed by atoms with Crippen LogP contribution < -0.4 is 10.6 Å². The molecule has 0 spiro atoms. The normalized spacial score (nSPS) is 10.3. The number of aromatic nitrogens is 3. The zero-order valence-electron chi connectivity index (χ0n) is 12.0. The number of nitrogens with zero attached hydrogens (tertiary/aromatic N) is 3. The van der Waals surface area contributed by atoms with Gasteiger partial charge in [0.1, 0.15) is 5.82 Å². The molecule has 0 fully saturated rings. The number of nitrogens with one attached hydrogen (secondary N) is 2. The number of carbonyl (C=O) groups is 1. The van der Waals surface area contributed by atoms with Gasteiger partial charge in [-0.2, -0.15) is 5.10 Å². The molecule has 2 aromatic heterocycles. The highest BCUT2D eigenvalue weighted by Gasteiger charge is 2.11. The average molecular weight is 273 g/mol. The minimum Gasteiger partial charge on any atom is -0.365 e. The predicted octanol–water partition coefficient (Wildman–Crippen LogP) is 1.35. The number of aryl methyl sites for hydroxylation is 2. The van der Waals surface area contributed by atoms with Gasteiger partial charge in [0, 0.05) is 38.6 Å². The van der Waals surface area contributed by atoms with E-state index < -0.39 is 0 Å². The van der Waals surface area contributed by atoms with Gasteiger partial charge in [0.25, 0.3) is 5.91 Å². The van der Waals surface area contributed by atoms with Gasteiger partial charge in [-0.15, -0.1) is 0 Å². The van der Waals surface area contributed by atoms with Crippen LogP contribution in [0.25, 0.3) is 0 Å². The van der Waals surface area contributed by atoms with Gasteiger partial charge in [-0.1, -0.05) is 6.92 Å². The Kier molecular flexibility index (Phi) is 4.34. The first-order chi connectivity index (χ1) is 9.65. The molecule has 0 bridgehead atoms. The Morgan fingerprint density at radius 2 is 2.25 bits per heavy atom. The largest absolute Gasteiger partial charge is 0.365 e. The summed E-state index contributed by atoms with van der Waals surface area (Å²) in [5, 5.41) is 10.2. The van der Waals surface area contributed by atoms with Gasteiger partial charge < -0.3 is 10.6 Å². The Labute approximate surface area is 118 Å². The second-order valence-corrected chi connectivity index (χ2v) is 4.46. The molecular weight excluding hydrogens is 254 g/mol. The molecule has 0 atom stereocenters. The van der Waals surface area contributed by atoms with E-state index in [1.165, 1.54) is 0 Å². The van der Waals surface area contributed by atoms with E-state index in [2.05, 4.69) is 27.6 Å². The molecule has 6 heteroatoms. The summed E-state index contributed by atoms with van der Waals surface area (Å²) in [6.07, 6.45) is 4.52. The number of pyridine rings is 1. The van der Waals surface area contributed by atoms with Crippen LogP contribution in [0.5, 0.6) is 0 Å². The van der Waals surface area contributed by atoms with Crippen molar-refractivity contribution < 1.29 is 4.79 Å². The highest BCUT2D eigenvalue weighted by atomic mass is 16.1. The smallest absolute Gasteiger partial charge is 0.254 e. The molecule has 0 unspecified atom stereocenters. The zero-order valence-corrected chi connectivity index (χ0v) is 12.0. The first-order valence-corrected chi connectivity index (χ1v) is 6.58. The van der Waals surface area contributed by atoms with Crippen molar-refractivity contribution >= 4 is 11.7 Å². The second kappa shape index (κ2) is 6.18.